The molecule has 12 heavy (non-hydrogen) atoms. The van der Waals surface area contributed by atoms with Crippen molar-refractivity contribution in [1.29, 1.82) is 0 Å². The quantitative estimate of drug-likeness (QED) is 0.505. The van der Waals surface area contributed by atoms with E-state index in [1.807, 2.05) is 0 Å². The maximum absolute atomic E-state index is 11.4. The molecule has 2 saturated heterocycles. The van der Waals surface area contributed by atoms with Crippen molar-refractivity contribution < 1.29 is 4.79 Å². The summed E-state index contributed by atoms with van der Waals surface area (Å²) < 4.78 is 0. The van der Waals surface area contributed by atoms with Crippen LogP contribution in [-0.4, -0.2) is 21.9 Å². The van der Waals surface area contributed by atoms with E-state index in [-0.39, 0.29) is 11.1 Å². The second kappa shape index (κ2) is 2.04. The molecule has 1 amide bonds. The molecule has 0 unspecified atom stereocenters. The van der Waals surface area contributed by atoms with Crippen LogP contribution in [0.25, 0.3) is 0 Å². The zero-order valence-electron chi connectivity index (χ0n) is 8.18. The number of hydrogen-bond acceptors (Lipinski definition) is 1. The molecule has 0 aliphatic carbocycles. The molecule has 0 spiro atoms. The van der Waals surface area contributed by atoms with Crippen molar-refractivity contribution >= 4 is 5.91 Å². The van der Waals surface area contributed by atoms with Gasteiger partial charge in [0.15, 0.2) is 0 Å². The van der Waals surface area contributed by atoms with Crippen molar-refractivity contribution in [2.75, 3.05) is 0 Å². The maximum Gasteiger partial charge on any atom is 0.225 e. The number of carbonyl (C=O) groups excluding carboxylic acids is 1. The van der Waals surface area contributed by atoms with Crippen LogP contribution in [-0.2, 0) is 4.79 Å². The van der Waals surface area contributed by atoms with E-state index in [2.05, 4.69) is 25.7 Å². The third-order valence-electron chi connectivity index (χ3n) is 3.43. The molecule has 68 valence electrons. The first kappa shape index (κ1) is 8.09. The predicted molar refractivity (Wildman–Crippen MR) is 47.8 cm³/mol. The Morgan fingerprint density at radius 1 is 1.25 bits per heavy atom. The minimum absolute atomic E-state index is 0.113. The third-order valence-corrected chi connectivity index (χ3v) is 3.43. The molecular weight excluding hydrogens is 150 g/mol. The Bertz CT molecular complexity index is 222. The van der Waals surface area contributed by atoms with Gasteiger partial charge in [-0.3, -0.25) is 4.79 Å². The van der Waals surface area contributed by atoms with Crippen LogP contribution in [0.15, 0.2) is 0 Å². The average molecular weight is 167 g/mol. The van der Waals surface area contributed by atoms with Gasteiger partial charge in [-0.25, -0.2) is 0 Å². The van der Waals surface area contributed by atoms with E-state index in [9.17, 15) is 4.79 Å². The summed E-state index contributed by atoms with van der Waals surface area (Å²) in [6.07, 6.45) is 4.40. The zero-order valence-corrected chi connectivity index (χ0v) is 8.18. The molecule has 0 aromatic carbocycles. The van der Waals surface area contributed by atoms with E-state index in [4.69, 9.17) is 0 Å². The second-order valence-electron chi connectivity index (χ2n) is 5.07. The van der Waals surface area contributed by atoms with Crippen LogP contribution in [0.4, 0.5) is 0 Å². The molecule has 0 radical (unpaired) electrons. The summed E-state index contributed by atoms with van der Waals surface area (Å²) in [6, 6.07) is 0. The van der Waals surface area contributed by atoms with Crippen LogP contribution in [0.1, 0.15) is 46.5 Å². The normalized spacial score (nSPS) is 38.9. The van der Waals surface area contributed by atoms with Crippen LogP contribution in [0.2, 0.25) is 0 Å². The van der Waals surface area contributed by atoms with Crippen molar-refractivity contribution in [2.24, 2.45) is 0 Å². The Labute approximate surface area is 73.9 Å². The van der Waals surface area contributed by atoms with E-state index in [0.29, 0.717) is 5.91 Å². The Morgan fingerprint density at radius 3 is 2.33 bits per heavy atom. The first-order chi connectivity index (χ1) is 5.46. The molecule has 2 aliphatic heterocycles. The Balaban J connectivity index is 2.28. The summed E-state index contributed by atoms with van der Waals surface area (Å²) in [4.78, 5) is 13.5. The number of rotatable bonds is 0. The summed E-state index contributed by atoms with van der Waals surface area (Å²) >= 11 is 0. The van der Waals surface area contributed by atoms with E-state index in [1.54, 1.807) is 0 Å². The molecule has 2 aliphatic rings. The summed E-state index contributed by atoms with van der Waals surface area (Å²) in [5.74, 6) is 0.349. The van der Waals surface area contributed by atoms with Crippen LogP contribution in [0.5, 0.6) is 0 Å². The van der Waals surface area contributed by atoms with Crippen LogP contribution < -0.4 is 0 Å². The Morgan fingerprint density at radius 2 is 1.92 bits per heavy atom. The average Bonchev–Trinajstić information content (AvgIpc) is 1.81. The van der Waals surface area contributed by atoms with Gasteiger partial charge >= 0.3 is 0 Å². The first-order valence-electron chi connectivity index (χ1n) is 4.79. The number of hydrogen-bond donors (Lipinski definition) is 0. The predicted octanol–water partition coefficient (Wildman–Crippen LogP) is 1.94. The van der Waals surface area contributed by atoms with E-state index in [1.165, 1.54) is 12.8 Å². The molecular formula is C10H17NO. The molecule has 0 bridgehead atoms. The lowest BCUT2D eigenvalue weighted by molar-refractivity contribution is -0.175. The van der Waals surface area contributed by atoms with Gasteiger partial charge in [-0.2, -0.15) is 0 Å². The second-order valence-corrected chi connectivity index (χ2v) is 5.07. The lowest BCUT2D eigenvalue weighted by Crippen LogP contribution is -2.70. The van der Waals surface area contributed by atoms with Crippen LogP contribution in [0.3, 0.4) is 0 Å². The first-order valence-corrected chi connectivity index (χ1v) is 4.79. The van der Waals surface area contributed by atoms with Gasteiger partial charge in [-0.15, -0.1) is 0 Å². The lowest BCUT2D eigenvalue weighted by atomic mass is 9.71. The summed E-state index contributed by atoms with van der Waals surface area (Å²) in [6.45, 7) is 6.58. The molecule has 0 aromatic rings. The van der Waals surface area contributed by atoms with Crippen molar-refractivity contribution in [3.05, 3.63) is 0 Å². The van der Waals surface area contributed by atoms with Crippen molar-refractivity contribution in [3.63, 3.8) is 0 Å². The van der Waals surface area contributed by atoms with Crippen LogP contribution >= 0.6 is 0 Å². The molecule has 0 aromatic heterocycles. The van der Waals surface area contributed by atoms with Gasteiger partial charge in [-0.05, 0) is 40.0 Å². The van der Waals surface area contributed by atoms with E-state index in [0.717, 1.165) is 12.8 Å². The fraction of sp³-hybridized carbons (Fsp3) is 0.900. The molecule has 0 N–H and O–H groups in total. The molecule has 2 rings (SSSR count). The SMILES string of the molecule is CC1(C)CCC[C@@]2(C)CC(=O)N12. The minimum atomic E-state index is 0.113. The van der Waals surface area contributed by atoms with Gasteiger partial charge in [-0.1, -0.05) is 0 Å². The molecule has 2 heterocycles. The highest BCUT2D eigenvalue weighted by atomic mass is 16.2. The number of piperidine rings is 1. The highest BCUT2D eigenvalue weighted by Gasteiger charge is 2.55. The van der Waals surface area contributed by atoms with E-state index >= 15 is 0 Å². The van der Waals surface area contributed by atoms with Gasteiger partial charge in [0.1, 0.15) is 0 Å². The van der Waals surface area contributed by atoms with Crippen molar-refractivity contribution in [1.82, 2.24) is 4.90 Å². The van der Waals surface area contributed by atoms with Crippen molar-refractivity contribution in [2.45, 2.75) is 57.5 Å². The van der Waals surface area contributed by atoms with Crippen molar-refractivity contribution in [3.8, 4) is 0 Å². The molecule has 1 atom stereocenters. The smallest absolute Gasteiger partial charge is 0.225 e. The summed E-state index contributed by atoms with van der Waals surface area (Å²) in [5.41, 5.74) is 0.321. The minimum Gasteiger partial charge on any atom is -0.332 e. The number of β-lactam (4-membered cyclic amide) rings is 1. The fourth-order valence-electron chi connectivity index (χ4n) is 2.98. The fourth-order valence-corrected chi connectivity index (χ4v) is 2.98. The highest BCUT2D eigenvalue weighted by molar-refractivity contribution is 5.85. The molecule has 0 saturated carbocycles. The number of carbonyl (C=O) groups is 1. The zero-order chi connectivity index (χ0) is 8.98. The summed E-state index contributed by atoms with van der Waals surface area (Å²) in [7, 11) is 0. The van der Waals surface area contributed by atoms with Gasteiger partial charge in [0.05, 0.1) is 0 Å². The van der Waals surface area contributed by atoms with Gasteiger partial charge in [0.2, 0.25) is 5.91 Å². The third kappa shape index (κ3) is 0.838. The topological polar surface area (TPSA) is 20.3 Å². The van der Waals surface area contributed by atoms with Gasteiger partial charge in [0.25, 0.3) is 0 Å². The standard InChI is InChI=1S/C10H17NO/c1-9(2)5-4-6-10(3)7-8(12)11(9)10/h4-7H2,1-3H3/t10-/m0/s1. The monoisotopic (exact) mass is 167 g/mol. The lowest BCUT2D eigenvalue weighted by Gasteiger charge is -2.61. The maximum atomic E-state index is 11.4. The van der Waals surface area contributed by atoms with E-state index < -0.39 is 0 Å². The number of fused-ring (bicyclic) bond motifs is 1. The summed E-state index contributed by atoms with van der Waals surface area (Å²) in [5, 5.41) is 0. The Kier molecular flexibility index (Phi) is 1.37. The number of amides is 1. The largest absolute Gasteiger partial charge is 0.332 e. The van der Waals surface area contributed by atoms with Crippen LogP contribution in [0, 0.1) is 0 Å². The Hall–Kier alpha value is -0.530. The van der Waals surface area contributed by atoms with Gasteiger partial charge in [0, 0.05) is 17.5 Å². The molecule has 2 fully saturated rings. The highest BCUT2D eigenvalue weighted by Crippen LogP contribution is 2.47. The van der Waals surface area contributed by atoms with Gasteiger partial charge < -0.3 is 4.90 Å². The molecule has 2 heteroatoms. The number of nitrogens with zero attached hydrogens (tertiary/aromatic N) is 1. The molecule has 2 nitrogen and oxygen atoms in total.